The Morgan fingerprint density at radius 1 is 1.36 bits per heavy atom. The average Bonchev–Trinajstić information content (AvgIpc) is 2.61. The molecule has 1 heterocycles. The van der Waals surface area contributed by atoms with Crippen molar-refractivity contribution in [2.45, 2.75) is 51.6 Å². The van der Waals surface area contributed by atoms with Crippen LogP contribution < -0.4 is 0 Å². The molecule has 0 aliphatic heterocycles. The van der Waals surface area contributed by atoms with E-state index in [0.717, 1.165) is 11.5 Å². The smallest absolute Gasteiger partial charge is 0.220 e. The summed E-state index contributed by atoms with van der Waals surface area (Å²) in [6, 6.07) is 0. The van der Waals surface area contributed by atoms with E-state index < -0.39 is 0 Å². The van der Waals surface area contributed by atoms with Crippen LogP contribution in [0, 0.1) is 6.92 Å². The number of hydrogen-bond acceptors (Lipinski definition) is 3. The topological polar surface area (TPSA) is 46.3 Å². The Kier molecular flexibility index (Phi) is 2.87. The lowest BCUT2D eigenvalue weighted by molar-refractivity contribution is 0.231. The Bertz CT molecular complexity index is 300. The van der Waals surface area contributed by atoms with Gasteiger partial charge in [0.1, 0.15) is 12.4 Å². The highest BCUT2D eigenvalue weighted by Crippen LogP contribution is 2.34. The Morgan fingerprint density at radius 2 is 2.07 bits per heavy atom. The highest BCUT2D eigenvalue weighted by atomic mass is 16.4. The van der Waals surface area contributed by atoms with Crippen LogP contribution in [0.4, 0.5) is 0 Å². The zero-order chi connectivity index (χ0) is 9.97. The van der Waals surface area contributed by atoms with Crippen LogP contribution in [0.3, 0.4) is 0 Å². The molecule has 1 aromatic rings. The fraction of sp³-hybridized carbons (Fsp3) is 0.727. The number of aliphatic hydroxyl groups is 1. The first-order chi connectivity index (χ1) is 6.81. The van der Waals surface area contributed by atoms with Crippen molar-refractivity contribution in [3.63, 3.8) is 0 Å². The maximum absolute atomic E-state index is 8.92. The third-order valence-corrected chi connectivity index (χ3v) is 2.99. The predicted molar refractivity (Wildman–Crippen MR) is 53.0 cm³/mol. The number of hydrogen-bond donors (Lipinski definition) is 1. The molecule has 78 valence electrons. The van der Waals surface area contributed by atoms with E-state index in [1.165, 1.54) is 32.1 Å². The summed E-state index contributed by atoms with van der Waals surface area (Å²) in [5.74, 6) is 2.01. The number of nitrogens with zero attached hydrogens (tertiary/aromatic N) is 1. The highest BCUT2D eigenvalue weighted by Gasteiger charge is 2.22. The van der Waals surface area contributed by atoms with E-state index in [0.29, 0.717) is 11.8 Å². The number of aryl methyl sites for hydroxylation is 1. The summed E-state index contributed by atoms with van der Waals surface area (Å²) in [6.07, 6.45) is 6.34. The summed E-state index contributed by atoms with van der Waals surface area (Å²) >= 11 is 0. The van der Waals surface area contributed by atoms with Gasteiger partial charge < -0.3 is 9.52 Å². The molecule has 1 N–H and O–H groups in total. The Hall–Kier alpha value is -0.830. The molecule has 14 heavy (non-hydrogen) atoms. The van der Waals surface area contributed by atoms with Crippen LogP contribution in [0.25, 0.3) is 0 Å². The fourth-order valence-electron chi connectivity index (χ4n) is 2.28. The van der Waals surface area contributed by atoms with E-state index in [1.807, 2.05) is 6.92 Å². The molecule has 0 aromatic carbocycles. The van der Waals surface area contributed by atoms with E-state index in [1.54, 1.807) is 0 Å². The van der Waals surface area contributed by atoms with Crippen LogP contribution in [-0.4, -0.2) is 10.1 Å². The lowest BCUT2D eigenvalue weighted by Crippen LogP contribution is -2.04. The van der Waals surface area contributed by atoms with Crippen molar-refractivity contribution >= 4 is 0 Å². The molecule has 0 atom stereocenters. The molecule has 1 fully saturated rings. The normalized spacial score (nSPS) is 18.7. The molecule has 0 spiro atoms. The van der Waals surface area contributed by atoms with Gasteiger partial charge in [-0.15, -0.1) is 0 Å². The minimum Gasteiger partial charge on any atom is -0.443 e. The Labute approximate surface area is 84.2 Å². The second kappa shape index (κ2) is 4.13. The second-order valence-corrected chi connectivity index (χ2v) is 4.05. The van der Waals surface area contributed by atoms with Gasteiger partial charge in [-0.1, -0.05) is 19.3 Å². The molecule has 0 radical (unpaired) electrons. The summed E-state index contributed by atoms with van der Waals surface area (Å²) < 4.78 is 5.54. The number of aromatic nitrogens is 1. The van der Waals surface area contributed by atoms with Crippen molar-refractivity contribution in [1.29, 1.82) is 0 Å². The SMILES string of the molecule is Cc1nc(CO)oc1C1CCCCC1. The quantitative estimate of drug-likeness (QED) is 0.788. The molecule has 0 amide bonds. The third-order valence-electron chi connectivity index (χ3n) is 2.99. The van der Waals surface area contributed by atoms with Gasteiger partial charge in [-0.2, -0.15) is 0 Å². The van der Waals surface area contributed by atoms with Crippen molar-refractivity contribution in [3.8, 4) is 0 Å². The van der Waals surface area contributed by atoms with Crippen LogP contribution in [0.2, 0.25) is 0 Å². The van der Waals surface area contributed by atoms with Crippen LogP contribution in [0.15, 0.2) is 4.42 Å². The van der Waals surface area contributed by atoms with Crippen LogP contribution in [0.5, 0.6) is 0 Å². The molecule has 1 aliphatic carbocycles. The van der Waals surface area contributed by atoms with Gasteiger partial charge in [-0.3, -0.25) is 0 Å². The van der Waals surface area contributed by atoms with Gasteiger partial charge in [0, 0.05) is 5.92 Å². The minimum atomic E-state index is -0.0897. The minimum absolute atomic E-state index is 0.0897. The molecule has 0 saturated heterocycles. The molecule has 2 rings (SSSR count). The van der Waals surface area contributed by atoms with Crippen LogP contribution in [-0.2, 0) is 6.61 Å². The molecule has 1 aromatic heterocycles. The molecular weight excluding hydrogens is 178 g/mol. The zero-order valence-corrected chi connectivity index (χ0v) is 8.62. The number of aliphatic hydroxyl groups excluding tert-OH is 1. The van der Waals surface area contributed by atoms with Gasteiger partial charge in [0.05, 0.1) is 5.69 Å². The van der Waals surface area contributed by atoms with Gasteiger partial charge in [-0.05, 0) is 19.8 Å². The molecule has 0 unspecified atom stereocenters. The molecule has 1 aliphatic rings. The van der Waals surface area contributed by atoms with E-state index in [4.69, 9.17) is 9.52 Å². The van der Waals surface area contributed by atoms with Gasteiger partial charge >= 0.3 is 0 Å². The van der Waals surface area contributed by atoms with Crippen molar-refractivity contribution in [2.75, 3.05) is 0 Å². The number of rotatable bonds is 2. The molecule has 3 nitrogen and oxygen atoms in total. The van der Waals surface area contributed by atoms with E-state index >= 15 is 0 Å². The highest BCUT2D eigenvalue weighted by molar-refractivity contribution is 5.13. The van der Waals surface area contributed by atoms with Gasteiger partial charge in [0.15, 0.2) is 0 Å². The maximum Gasteiger partial charge on any atom is 0.220 e. The Balaban J connectivity index is 2.17. The summed E-state index contributed by atoms with van der Waals surface area (Å²) in [7, 11) is 0. The van der Waals surface area contributed by atoms with E-state index in [2.05, 4.69) is 4.98 Å². The molecule has 1 saturated carbocycles. The monoisotopic (exact) mass is 195 g/mol. The second-order valence-electron chi connectivity index (χ2n) is 4.05. The molecule has 3 heteroatoms. The average molecular weight is 195 g/mol. The fourth-order valence-corrected chi connectivity index (χ4v) is 2.28. The van der Waals surface area contributed by atoms with Gasteiger partial charge in [-0.25, -0.2) is 4.98 Å². The van der Waals surface area contributed by atoms with Crippen molar-refractivity contribution < 1.29 is 9.52 Å². The lowest BCUT2D eigenvalue weighted by Gasteiger charge is -2.19. The lowest BCUT2D eigenvalue weighted by atomic mass is 9.87. The van der Waals surface area contributed by atoms with Crippen molar-refractivity contribution in [3.05, 3.63) is 17.3 Å². The predicted octanol–water partition coefficient (Wildman–Crippen LogP) is 2.52. The zero-order valence-electron chi connectivity index (χ0n) is 8.62. The van der Waals surface area contributed by atoms with Gasteiger partial charge in [0.25, 0.3) is 0 Å². The standard InChI is InChI=1S/C11H17NO2/c1-8-11(14-10(7-13)12-8)9-5-3-2-4-6-9/h9,13H,2-7H2,1H3. The summed E-state index contributed by atoms with van der Waals surface area (Å²) in [6.45, 7) is 1.88. The molecule has 0 bridgehead atoms. The van der Waals surface area contributed by atoms with E-state index in [-0.39, 0.29) is 6.61 Å². The van der Waals surface area contributed by atoms with Gasteiger partial charge in [0.2, 0.25) is 5.89 Å². The summed E-state index contributed by atoms with van der Waals surface area (Å²) in [5, 5.41) is 8.92. The molecular formula is C11H17NO2. The third kappa shape index (κ3) is 1.82. The van der Waals surface area contributed by atoms with Crippen LogP contribution in [0.1, 0.15) is 55.4 Å². The summed E-state index contributed by atoms with van der Waals surface area (Å²) in [5.41, 5.74) is 0.959. The van der Waals surface area contributed by atoms with Crippen LogP contribution >= 0.6 is 0 Å². The first-order valence-electron chi connectivity index (χ1n) is 5.38. The first kappa shape index (κ1) is 9.71. The Morgan fingerprint density at radius 3 is 2.64 bits per heavy atom. The largest absolute Gasteiger partial charge is 0.443 e. The van der Waals surface area contributed by atoms with Crippen molar-refractivity contribution in [1.82, 2.24) is 4.98 Å². The van der Waals surface area contributed by atoms with E-state index in [9.17, 15) is 0 Å². The first-order valence-corrected chi connectivity index (χ1v) is 5.38. The maximum atomic E-state index is 8.92. The summed E-state index contributed by atoms with van der Waals surface area (Å²) in [4.78, 5) is 4.19. The van der Waals surface area contributed by atoms with Crippen molar-refractivity contribution in [2.24, 2.45) is 0 Å². The number of oxazole rings is 1.